The summed E-state index contributed by atoms with van der Waals surface area (Å²) >= 11 is 1.77. The molecule has 1 aromatic heterocycles. The van der Waals surface area contributed by atoms with Crippen molar-refractivity contribution in [2.45, 2.75) is 45.1 Å². The van der Waals surface area contributed by atoms with Crippen LogP contribution in [0, 0.1) is 0 Å². The van der Waals surface area contributed by atoms with Crippen LogP contribution < -0.4 is 0 Å². The van der Waals surface area contributed by atoms with E-state index in [0.717, 1.165) is 37.5 Å². The van der Waals surface area contributed by atoms with Gasteiger partial charge in [0.2, 0.25) is 0 Å². The van der Waals surface area contributed by atoms with Crippen molar-refractivity contribution in [2.75, 3.05) is 33.2 Å². The van der Waals surface area contributed by atoms with E-state index in [9.17, 15) is 4.79 Å². The molecular weight excluding hydrogens is 280 g/mol. The van der Waals surface area contributed by atoms with E-state index in [1.54, 1.807) is 11.3 Å². The number of aryl methyl sites for hydroxylation is 1. The Morgan fingerprint density at radius 3 is 2.81 bits per heavy atom. The highest BCUT2D eigenvalue weighted by atomic mass is 32.1. The summed E-state index contributed by atoms with van der Waals surface area (Å²) in [6.45, 7) is 6.73. The van der Waals surface area contributed by atoms with Gasteiger partial charge in [0.15, 0.2) is 5.78 Å². The summed E-state index contributed by atoms with van der Waals surface area (Å²) in [5, 5.41) is 0. The van der Waals surface area contributed by atoms with Crippen LogP contribution in [0.4, 0.5) is 0 Å². The zero-order valence-corrected chi connectivity index (χ0v) is 14.0. The average molecular weight is 306 g/mol. The summed E-state index contributed by atoms with van der Waals surface area (Å²) in [5.74, 6) is 0.342. The minimum Gasteiger partial charge on any atom is -0.304 e. The molecule has 3 nitrogen and oxygen atoms in total. The third-order valence-corrected chi connectivity index (χ3v) is 6.06. The number of nitrogens with zero attached hydrogens (tertiary/aromatic N) is 2. The molecule has 1 atom stereocenters. The van der Waals surface area contributed by atoms with Crippen LogP contribution in [0.1, 0.15) is 58.8 Å². The van der Waals surface area contributed by atoms with Crippen molar-refractivity contribution in [3.05, 3.63) is 21.4 Å². The number of thiophene rings is 1. The molecule has 1 fully saturated rings. The van der Waals surface area contributed by atoms with Crippen LogP contribution in [-0.2, 0) is 6.42 Å². The molecule has 3 rings (SSSR count). The van der Waals surface area contributed by atoms with Crippen molar-refractivity contribution in [1.82, 2.24) is 9.80 Å². The smallest absolute Gasteiger partial charge is 0.172 e. The highest BCUT2D eigenvalue weighted by Gasteiger charge is 2.30. The molecule has 21 heavy (non-hydrogen) atoms. The van der Waals surface area contributed by atoms with Gasteiger partial charge in [-0.15, -0.1) is 11.3 Å². The fourth-order valence-electron chi connectivity index (χ4n) is 3.53. The second kappa shape index (κ2) is 6.59. The minimum absolute atomic E-state index is 0.342. The number of piperazine rings is 1. The van der Waals surface area contributed by atoms with Crippen LogP contribution in [0.15, 0.2) is 6.07 Å². The third kappa shape index (κ3) is 3.22. The lowest BCUT2D eigenvalue weighted by atomic mass is 9.91. The van der Waals surface area contributed by atoms with Gasteiger partial charge in [-0.25, -0.2) is 0 Å². The second-order valence-corrected chi connectivity index (χ2v) is 7.55. The second-order valence-electron chi connectivity index (χ2n) is 6.41. The minimum atomic E-state index is 0.342. The van der Waals surface area contributed by atoms with Crippen molar-refractivity contribution >= 4 is 17.1 Å². The summed E-state index contributed by atoms with van der Waals surface area (Å²) in [6.07, 6.45) is 5.34. The normalized spacial score (nSPS) is 24.0. The average Bonchev–Trinajstić information content (AvgIpc) is 2.92. The summed E-state index contributed by atoms with van der Waals surface area (Å²) in [7, 11) is 2.20. The maximum atomic E-state index is 12.2. The first-order valence-corrected chi connectivity index (χ1v) is 9.09. The molecule has 2 aliphatic rings. The highest BCUT2D eigenvalue weighted by molar-refractivity contribution is 7.14. The quantitative estimate of drug-likeness (QED) is 0.797. The van der Waals surface area contributed by atoms with Crippen LogP contribution in [0.25, 0.3) is 0 Å². The Hall–Kier alpha value is -0.710. The SMILES string of the molecule is CCCC(=O)c1cc2c(s1)CCCC2N1CCN(C)CC1. The number of fused-ring (bicyclic) bond motifs is 1. The first-order chi connectivity index (χ1) is 10.2. The number of likely N-dealkylation sites (N-methyl/N-ethyl adjacent to an activating group) is 1. The zero-order valence-electron chi connectivity index (χ0n) is 13.2. The van der Waals surface area contributed by atoms with Gasteiger partial charge in [-0.1, -0.05) is 6.92 Å². The maximum Gasteiger partial charge on any atom is 0.172 e. The Balaban J connectivity index is 1.79. The van der Waals surface area contributed by atoms with Crippen LogP contribution >= 0.6 is 11.3 Å². The Morgan fingerprint density at radius 2 is 2.10 bits per heavy atom. The summed E-state index contributed by atoms with van der Waals surface area (Å²) in [4.78, 5) is 19.7. The molecule has 0 aromatic carbocycles. The Bertz CT molecular complexity index is 503. The van der Waals surface area contributed by atoms with Crippen molar-refractivity contribution in [3.63, 3.8) is 0 Å². The molecule has 0 amide bonds. The first kappa shape index (κ1) is 15.2. The molecule has 4 heteroatoms. The third-order valence-electron chi connectivity index (χ3n) is 4.81. The van der Waals surface area contributed by atoms with Gasteiger partial charge in [0.25, 0.3) is 0 Å². The number of carbonyl (C=O) groups excluding carboxylic acids is 1. The van der Waals surface area contributed by atoms with Gasteiger partial charge in [-0.2, -0.15) is 0 Å². The number of ketones is 1. The van der Waals surface area contributed by atoms with Gasteiger partial charge in [0, 0.05) is 43.5 Å². The van der Waals surface area contributed by atoms with Gasteiger partial charge >= 0.3 is 0 Å². The topological polar surface area (TPSA) is 23.6 Å². The molecule has 1 aliphatic heterocycles. The van der Waals surface area contributed by atoms with E-state index in [4.69, 9.17) is 0 Å². The summed E-state index contributed by atoms with van der Waals surface area (Å²) < 4.78 is 0. The van der Waals surface area contributed by atoms with E-state index >= 15 is 0 Å². The van der Waals surface area contributed by atoms with E-state index in [1.807, 2.05) is 0 Å². The molecule has 0 saturated carbocycles. The number of Topliss-reactive ketones (excluding diaryl/α,β-unsaturated/α-hetero) is 1. The fraction of sp³-hybridized carbons (Fsp3) is 0.706. The zero-order chi connectivity index (χ0) is 14.8. The van der Waals surface area contributed by atoms with Crippen molar-refractivity contribution in [2.24, 2.45) is 0 Å². The number of hydrogen-bond acceptors (Lipinski definition) is 4. The first-order valence-electron chi connectivity index (χ1n) is 8.27. The van der Waals surface area contributed by atoms with Gasteiger partial charge in [0.05, 0.1) is 4.88 Å². The molecule has 1 aromatic rings. The van der Waals surface area contributed by atoms with Crippen LogP contribution in [0.3, 0.4) is 0 Å². The maximum absolute atomic E-state index is 12.2. The molecule has 0 radical (unpaired) electrons. The van der Waals surface area contributed by atoms with E-state index in [-0.39, 0.29) is 0 Å². The number of hydrogen-bond donors (Lipinski definition) is 0. The molecular formula is C17H26N2OS. The van der Waals surface area contributed by atoms with Gasteiger partial charge in [-0.05, 0) is 44.4 Å². The van der Waals surface area contributed by atoms with Gasteiger partial charge in [0.1, 0.15) is 0 Å². The van der Waals surface area contributed by atoms with Gasteiger partial charge < -0.3 is 4.90 Å². The number of carbonyl (C=O) groups is 1. The molecule has 0 spiro atoms. The van der Waals surface area contributed by atoms with Gasteiger partial charge in [-0.3, -0.25) is 9.69 Å². The molecule has 116 valence electrons. The Labute approximate surface area is 131 Å². The Morgan fingerprint density at radius 1 is 1.33 bits per heavy atom. The molecule has 1 unspecified atom stereocenters. The highest BCUT2D eigenvalue weighted by Crippen LogP contribution is 2.39. The molecule has 0 bridgehead atoms. The molecule has 1 aliphatic carbocycles. The summed E-state index contributed by atoms with van der Waals surface area (Å²) in [6, 6.07) is 2.78. The predicted molar refractivity (Wildman–Crippen MR) is 88.3 cm³/mol. The lowest BCUT2D eigenvalue weighted by molar-refractivity contribution is 0.0983. The van der Waals surface area contributed by atoms with Crippen molar-refractivity contribution < 1.29 is 4.79 Å². The van der Waals surface area contributed by atoms with Crippen LogP contribution in [-0.4, -0.2) is 48.8 Å². The summed E-state index contributed by atoms with van der Waals surface area (Å²) in [5.41, 5.74) is 1.47. The molecule has 2 heterocycles. The van der Waals surface area contributed by atoms with E-state index in [0.29, 0.717) is 18.2 Å². The van der Waals surface area contributed by atoms with Crippen LogP contribution in [0.5, 0.6) is 0 Å². The molecule has 1 saturated heterocycles. The largest absolute Gasteiger partial charge is 0.304 e. The Kier molecular flexibility index (Phi) is 4.77. The lowest BCUT2D eigenvalue weighted by Crippen LogP contribution is -2.46. The monoisotopic (exact) mass is 306 g/mol. The standard InChI is InChI=1S/C17H26N2OS/c1-3-5-15(20)17-12-13-14(6-4-7-16(13)21-17)19-10-8-18(2)9-11-19/h12,14H,3-11H2,1-2H3. The predicted octanol–water partition coefficient (Wildman–Crippen LogP) is 3.36. The fourth-order valence-corrected chi connectivity index (χ4v) is 4.76. The lowest BCUT2D eigenvalue weighted by Gasteiger charge is -2.39. The van der Waals surface area contributed by atoms with E-state index in [1.165, 1.54) is 29.7 Å². The molecule has 0 N–H and O–H groups in total. The van der Waals surface area contributed by atoms with Crippen LogP contribution in [0.2, 0.25) is 0 Å². The number of rotatable bonds is 4. The van der Waals surface area contributed by atoms with E-state index in [2.05, 4.69) is 29.8 Å². The van der Waals surface area contributed by atoms with Crippen molar-refractivity contribution in [1.29, 1.82) is 0 Å². The van der Waals surface area contributed by atoms with E-state index < -0.39 is 0 Å². The van der Waals surface area contributed by atoms with Crippen molar-refractivity contribution in [3.8, 4) is 0 Å².